The Morgan fingerprint density at radius 3 is 1.89 bits per heavy atom. The third-order valence-electron chi connectivity index (χ3n) is 2.48. The Bertz CT molecular complexity index is 452. The van der Waals surface area contributed by atoms with Crippen molar-refractivity contribution in [1.29, 1.82) is 0 Å². The number of benzene rings is 2. The molecule has 1 N–H and O–H groups in total. The minimum atomic E-state index is 0.251. The van der Waals surface area contributed by atoms with Gasteiger partial charge in [-0.3, -0.25) is 0 Å². The lowest BCUT2D eigenvalue weighted by atomic mass is 10.1. The van der Waals surface area contributed by atoms with Gasteiger partial charge in [0.1, 0.15) is 5.75 Å². The van der Waals surface area contributed by atoms with Gasteiger partial charge in [0.2, 0.25) is 0 Å². The fourth-order valence-electron chi connectivity index (χ4n) is 1.59. The topological polar surface area (TPSA) is 29.5 Å². The lowest BCUT2D eigenvalue weighted by molar-refractivity contribution is 0.162. The van der Waals surface area contributed by atoms with Crippen molar-refractivity contribution in [2.24, 2.45) is 0 Å². The predicted octanol–water partition coefficient (Wildman–Crippen LogP) is 4.76. The van der Waals surface area contributed by atoms with Crippen LogP contribution in [-0.2, 0) is 4.74 Å². The van der Waals surface area contributed by atoms with E-state index in [1.807, 2.05) is 50.2 Å². The zero-order valence-corrected chi connectivity index (χ0v) is 12.0. The molecule has 0 radical (unpaired) electrons. The van der Waals surface area contributed by atoms with Crippen molar-refractivity contribution in [3.63, 3.8) is 0 Å². The van der Waals surface area contributed by atoms with E-state index in [2.05, 4.69) is 0 Å². The summed E-state index contributed by atoms with van der Waals surface area (Å²) in [5.74, 6) is 0.251. The molecule has 0 aliphatic rings. The summed E-state index contributed by atoms with van der Waals surface area (Å²) < 4.78 is 4.83. The molecule has 2 aromatic rings. The van der Waals surface area contributed by atoms with Crippen molar-refractivity contribution >= 4 is 11.6 Å². The molecule has 0 aliphatic heterocycles. The van der Waals surface area contributed by atoms with Crippen LogP contribution in [0.1, 0.15) is 13.8 Å². The Balaban J connectivity index is 0.000000312. The number of ether oxygens (including phenoxy) is 1. The Labute approximate surface area is 119 Å². The van der Waals surface area contributed by atoms with Gasteiger partial charge in [0, 0.05) is 29.4 Å². The summed E-state index contributed by atoms with van der Waals surface area (Å²) in [7, 11) is 0. The van der Waals surface area contributed by atoms with Crippen molar-refractivity contribution in [1.82, 2.24) is 0 Å². The Kier molecular flexibility index (Phi) is 7.01. The van der Waals surface area contributed by atoms with Crippen LogP contribution < -0.4 is 0 Å². The lowest BCUT2D eigenvalue weighted by Crippen LogP contribution is -1.84. The molecule has 0 unspecified atom stereocenters. The normalized spacial score (nSPS) is 9.63. The molecular formula is C16H19ClO2. The van der Waals surface area contributed by atoms with Crippen LogP contribution in [0, 0.1) is 0 Å². The summed E-state index contributed by atoms with van der Waals surface area (Å²) in [6.45, 7) is 5.67. The van der Waals surface area contributed by atoms with Gasteiger partial charge >= 0.3 is 0 Å². The smallest absolute Gasteiger partial charge is 0.123 e. The Hall–Kier alpha value is -1.51. The summed E-state index contributed by atoms with van der Waals surface area (Å²) >= 11 is 6.02. The number of rotatable bonds is 3. The molecule has 0 saturated heterocycles. The van der Waals surface area contributed by atoms with Crippen LogP contribution in [0.3, 0.4) is 0 Å². The van der Waals surface area contributed by atoms with Gasteiger partial charge in [0.05, 0.1) is 0 Å². The maximum absolute atomic E-state index is 9.63. The number of hydrogen-bond acceptors (Lipinski definition) is 2. The van der Waals surface area contributed by atoms with Crippen molar-refractivity contribution in [2.75, 3.05) is 13.2 Å². The van der Waals surface area contributed by atoms with E-state index in [9.17, 15) is 5.11 Å². The molecule has 0 amide bonds. The third-order valence-corrected chi connectivity index (χ3v) is 2.81. The molecule has 2 rings (SSSR count). The molecule has 0 saturated carbocycles. The van der Waals surface area contributed by atoms with Crippen molar-refractivity contribution in [2.45, 2.75) is 13.8 Å². The molecule has 0 spiro atoms. The molecule has 102 valence electrons. The van der Waals surface area contributed by atoms with E-state index in [0.29, 0.717) is 5.02 Å². The largest absolute Gasteiger partial charge is 0.507 e. The first kappa shape index (κ1) is 15.5. The number of halogens is 1. The van der Waals surface area contributed by atoms with Crippen molar-refractivity contribution in [3.05, 3.63) is 53.6 Å². The van der Waals surface area contributed by atoms with Gasteiger partial charge in [-0.25, -0.2) is 0 Å². The van der Waals surface area contributed by atoms with Gasteiger partial charge in [-0.05, 0) is 26.0 Å². The molecule has 3 heteroatoms. The molecule has 0 bridgehead atoms. The zero-order chi connectivity index (χ0) is 14.1. The molecule has 0 atom stereocenters. The fraction of sp³-hybridized carbons (Fsp3) is 0.250. The highest BCUT2D eigenvalue weighted by Gasteiger charge is 2.05. The molecule has 0 fully saturated rings. The first-order valence-electron chi connectivity index (χ1n) is 6.31. The Morgan fingerprint density at radius 2 is 1.42 bits per heavy atom. The first-order chi connectivity index (χ1) is 9.20. The van der Waals surface area contributed by atoms with E-state index in [1.54, 1.807) is 12.1 Å². The van der Waals surface area contributed by atoms with Gasteiger partial charge in [0.15, 0.2) is 0 Å². The van der Waals surface area contributed by atoms with E-state index in [0.717, 1.165) is 24.3 Å². The van der Waals surface area contributed by atoms with Crippen LogP contribution >= 0.6 is 11.6 Å². The monoisotopic (exact) mass is 278 g/mol. The molecule has 0 aliphatic carbocycles. The first-order valence-corrected chi connectivity index (χ1v) is 6.69. The quantitative estimate of drug-likeness (QED) is 0.877. The highest BCUT2D eigenvalue weighted by Crippen LogP contribution is 2.33. The summed E-state index contributed by atoms with van der Waals surface area (Å²) in [4.78, 5) is 0. The molecule has 2 aromatic carbocycles. The summed E-state index contributed by atoms with van der Waals surface area (Å²) in [5, 5.41) is 10.3. The van der Waals surface area contributed by atoms with E-state index in [-0.39, 0.29) is 5.75 Å². The maximum atomic E-state index is 9.63. The lowest BCUT2D eigenvalue weighted by Gasteiger charge is -2.05. The minimum Gasteiger partial charge on any atom is -0.507 e. The van der Waals surface area contributed by atoms with Crippen LogP contribution in [0.4, 0.5) is 0 Å². The van der Waals surface area contributed by atoms with Crippen LogP contribution in [0.15, 0.2) is 48.5 Å². The SMILES string of the molecule is CCOCC.Oc1ccccc1-c1ccccc1Cl. The van der Waals surface area contributed by atoms with Crippen LogP contribution in [0.5, 0.6) is 5.75 Å². The van der Waals surface area contributed by atoms with Gasteiger partial charge < -0.3 is 9.84 Å². The summed E-state index contributed by atoms with van der Waals surface area (Å²) in [6, 6.07) is 14.6. The highest BCUT2D eigenvalue weighted by atomic mass is 35.5. The number of para-hydroxylation sites is 1. The van der Waals surface area contributed by atoms with Crippen molar-refractivity contribution in [3.8, 4) is 16.9 Å². The van der Waals surface area contributed by atoms with E-state index >= 15 is 0 Å². The molecule has 2 nitrogen and oxygen atoms in total. The average Bonchev–Trinajstić information content (AvgIpc) is 2.42. The standard InChI is InChI=1S/C12H9ClO.C4H10O/c13-11-7-3-1-5-9(11)10-6-2-4-8-12(10)14;1-3-5-4-2/h1-8,14H;3-4H2,1-2H3. The van der Waals surface area contributed by atoms with Gasteiger partial charge in [-0.1, -0.05) is 48.0 Å². The van der Waals surface area contributed by atoms with E-state index < -0.39 is 0 Å². The predicted molar refractivity (Wildman–Crippen MR) is 80.7 cm³/mol. The number of phenols is 1. The number of aromatic hydroxyl groups is 1. The second-order valence-electron chi connectivity index (χ2n) is 3.78. The molecule has 0 aromatic heterocycles. The second kappa shape index (κ2) is 8.57. The minimum absolute atomic E-state index is 0.251. The average molecular weight is 279 g/mol. The van der Waals surface area contributed by atoms with Crippen LogP contribution in [0.2, 0.25) is 5.02 Å². The summed E-state index contributed by atoms with van der Waals surface area (Å²) in [5.41, 5.74) is 1.62. The van der Waals surface area contributed by atoms with Gasteiger partial charge in [0.25, 0.3) is 0 Å². The number of hydrogen-bond donors (Lipinski definition) is 1. The summed E-state index contributed by atoms with van der Waals surface area (Å²) in [6.07, 6.45) is 0. The van der Waals surface area contributed by atoms with E-state index in [4.69, 9.17) is 16.3 Å². The zero-order valence-electron chi connectivity index (χ0n) is 11.3. The highest BCUT2D eigenvalue weighted by molar-refractivity contribution is 6.33. The molecular weight excluding hydrogens is 260 g/mol. The fourth-order valence-corrected chi connectivity index (χ4v) is 1.82. The number of phenolic OH excluding ortho intramolecular Hbond substituents is 1. The van der Waals surface area contributed by atoms with Crippen molar-refractivity contribution < 1.29 is 9.84 Å². The maximum Gasteiger partial charge on any atom is 0.123 e. The molecule has 19 heavy (non-hydrogen) atoms. The second-order valence-corrected chi connectivity index (χ2v) is 4.19. The van der Waals surface area contributed by atoms with Gasteiger partial charge in [-0.15, -0.1) is 0 Å². The van der Waals surface area contributed by atoms with Gasteiger partial charge in [-0.2, -0.15) is 0 Å². The third kappa shape index (κ3) is 4.93. The molecule has 0 heterocycles. The van der Waals surface area contributed by atoms with Crippen LogP contribution in [0.25, 0.3) is 11.1 Å². The Morgan fingerprint density at radius 1 is 0.895 bits per heavy atom. The van der Waals surface area contributed by atoms with Crippen LogP contribution in [-0.4, -0.2) is 18.3 Å². The van der Waals surface area contributed by atoms with E-state index in [1.165, 1.54) is 0 Å².